The summed E-state index contributed by atoms with van der Waals surface area (Å²) in [4.78, 5) is 0. The van der Waals surface area contributed by atoms with Gasteiger partial charge in [0.05, 0.1) is 12.1 Å². The highest BCUT2D eigenvalue weighted by atomic mass is 16.5. The molecule has 0 bridgehead atoms. The molecule has 1 saturated heterocycles. The Morgan fingerprint density at radius 3 is 3.13 bits per heavy atom. The third-order valence-corrected chi connectivity index (χ3v) is 5.16. The third-order valence-electron chi connectivity index (χ3n) is 5.16. The van der Waals surface area contributed by atoms with E-state index < -0.39 is 0 Å². The van der Waals surface area contributed by atoms with Crippen LogP contribution in [0.2, 0.25) is 0 Å². The van der Waals surface area contributed by atoms with Crippen molar-refractivity contribution in [2.24, 2.45) is 5.92 Å². The number of hydrogen-bond acceptors (Lipinski definition) is 3. The molecule has 3 nitrogen and oxygen atoms in total. The summed E-state index contributed by atoms with van der Waals surface area (Å²) in [7, 11) is 0. The minimum Gasteiger partial charge on any atom is -0.508 e. The van der Waals surface area contributed by atoms with Crippen LogP contribution in [0.25, 0.3) is 0 Å². The minimum absolute atomic E-state index is 0.151. The van der Waals surface area contributed by atoms with E-state index in [1.54, 1.807) is 6.08 Å². The first-order chi connectivity index (χ1) is 11.2. The number of para-hydroxylation sites is 1. The predicted octanol–water partition coefficient (Wildman–Crippen LogP) is 4.59. The van der Waals surface area contributed by atoms with E-state index in [1.807, 2.05) is 12.2 Å². The Bertz CT molecular complexity index is 702. The monoisotopic (exact) mass is 309 g/mol. The highest BCUT2D eigenvalue weighted by Gasteiger charge is 2.40. The van der Waals surface area contributed by atoms with Crippen LogP contribution in [0.15, 0.2) is 53.8 Å². The van der Waals surface area contributed by atoms with Crippen molar-refractivity contribution in [2.75, 3.05) is 11.9 Å². The summed E-state index contributed by atoms with van der Waals surface area (Å²) >= 11 is 0. The van der Waals surface area contributed by atoms with Crippen LogP contribution in [-0.2, 0) is 4.74 Å². The molecule has 1 aliphatic carbocycles. The number of aliphatic hydroxyl groups is 1. The molecule has 2 unspecified atom stereocenters. The van der Waals surface area contributed by atoms with Crippen LogP contribution >= 0.6 is 0 Å². The number of anilines is 1. The van der Waals surface area contributed by atoms with Gasteiger partial charge in [-0.3, -0.25) is 0 Å². The van der Waals surface area contributed by atoms with Crippen molar-refractivity contribution in [3.63, 3.8) is 0 Å². The summed E-state index contributed by atoms with van der Waals surface area (Å²) in [5.74, 6) is 0.742. The standard InChI is InChI=1S/C20H23NO2/c1-13-6-4-9-16-18(13)21-19(17-10-5-11-23-20(16)17)14-7-2-3-8-15(22)12-14/h3-4,6-9,12,17,19-22H,2,5,10-11H2,1H3/t17?,19-,20?/m0/s1. The SMILES string of the molecule is Cc1cccc2c1N[C@@H](C1=CCC=CC(O)=C1)C1CCCOC21. The molecule has 0 spiro atoms. The topological polar surface area (TPSA) is 41.5 Å². The van der Waals surface area contributed by atoms with Gasteiger partial charge in [-0.05, 0) is 49.5 Å². The molecular weight excluding hydrogens is 286 g/mol. The van der Waals surface area contributed by atoms with Crippen LogP contribution < -0.4 is 5.32 Å². The molecule has 4 rings (SSSR count). The molecule has 0 saturated carbocycles. The number of hydrogen-bond donors (Lipinski definition) is 2. The summed E-state index contributed by atoms with van der Waals surface area (Å²) in [5, 5.41) is 13.8. The zero-order valence-electron chi connectivity index (χ0n) is 13.5. The Labute approximate surface area is 137 Å². The summed E-state index contributed by atoms with van der Waals surface area (Å²) in [6.45, 7) is 2.98. The molecule has 3 aliphatic rings. The highest BCUT2D eigenvalue weighted by molar-refractivity contribution is 5.63. The molecule has 3 heteroatoms. The van der Waals surface area contributed by atoms with E-state index in [2.05, 4.69) is 36.5 Å². The van der Waals surface area contributed by atoms with Gasteiger partial charge in [0, 0.05) is 23.8 Å². The summed E-state index contributed by atoms with van der Waals surface area (Å²) in [6, 6.07) is 6.63. The maximum Gasteiger partial charge on any atom is 0.115 e. The van der Waals surface area contributed by atoms with Crippen molar-refractivity contribution in [2.45, 2.75) is 38.3 Å². The van der Waals surface area contributed by atoms with E-state index in [9.17, 15) is 5.11 Å². The highest BCUT2D eigenvalue weighted by Crippen LogP contribution is 2.46. The number of ether oxygens (including phenoxy) is 1. The van der Waals surface area contributed by atoms with Crippen LogP contribution in [0, 0.1) is 12.8 Å². The van der Waals surface area contributed by atoms with Gasteiger partial charge in [0.2, 0.25) is 0 Å². The minimum atomic E-state index is 0.151. The lowest BCUT2D eigenvalue weighted by Gasteiger charge is -2.44. The molecule has 23 heavy (non-hydrogen) atoms. The first-order valence-electron chi connectivity index (χ1n) is 8.49. The Kier molecular flexibility index (Phi) is 3.74. The van der Waals surface area contributed by atoms with Crippen molar-refractivity contribution >= 4 is 5.69 Å². The van der Waals surface area contributed by atoms with Crippen LogP contribution in [0.3, 0.4) is 0 Å². The second-order valence-corrected chi connectivity index (χ2v) is 6.67. The molecule has 2 aliphatic heterocycles. The number of fused-ring (bicyclic) bond motifs is 3. The second-order valence-electron chi connectivity index (χ2n) is 6.67. The van der Waals surface area contributed by atoms with Crippen molar-refractivity contribution < 1.29 is 9.84 Å². The average Bonchev–Trinajstić information content (AvgIpc) is 2.79. The van der Waals surface area contributed by atoms with Gasteiger partial charge in [0.25, 0.3) is 0 Å². The van der Waals surface area contributed by atoms with Crippen molar-refractivity contribution in [3.8, 4) is 0 Å². The van der Waals surface area contributed by atoms with E-state index in [0.717, 1.165) is 25.9 Å². The second kappa shape index (κ2) is 5.89. The zero-order chi connectivity index (χ0) is 15.8. The summed E-state index contributed by atoms with van der Waals surface area (Å²) in [6.07, 6.45) is 11.1. The van der Waals surface area contributed by atoms with Gasteiger partial charge in [-0.1, -0.05) is 30.4 Å². The normalized spacial score (nSPS) is 29.5. The van der Waals surface area contributed by atoms with Crippen LogP contribution in [0.5, 0.6) is 0 Å². The predicted molar refractivity (Wildman–Crippen MR) is 92.6 cm³/mol. The Morgan fingerprint density at radius 2 is 2.22 bits per heavy atom. The molecule has 2 heterocycles. The number of allylic oxidation sites excluding steroid dienone is 3. The van der Waals surface area contributed by atoms with Gasteiger partial charge < -0.3 is 15.2 Å². The number of nitrogens with one attached hydrogen (secondary N) is 1. The number of benzene rings is 1. The lowest BCUT2D eigenvalue weighted by molar-refractivity contribution is -0.0339. The fourth-order valence-electron chi connectivity index (χ4n) is 4.07. The average molecular weight is 309 g/mol. The Hall–Kier alpha value is -2.00. The molecule has 1 aromatic carbocycles. The number of rotatable bonds is 1. The van der Waals surface area contributed by atoms with Gasteiger partial charge in [-0.2, -0.15) is 0 Å². The quantitative estimate of drug-likeness (QED) is 0.797. The van der Waals surface area contributed by atoms with Gasteiger partial charge in [-0.15, -0.1) is 0 Å². The number of aryl methyl sites for hydroxylation is 1. The van der Waals surface area contributed by atoms with E-state index in [4.69, 9.17) is 4.74 Å². The molecule has 2 N–H and O–H groups in total. The van der Waals surface area contributed by atoms with Gasteiger partial charge >= 0.3 is 0 Å². The first kappa shape index (κ1) is 14.6. The fraction of sp³-hybridized carbons (Fsp3) is 0.400. The zero-order valence-corrected chi connectivity index (χ0v) is 13.5. The van der Waals surface area contributed by atoms with Crippen LogP contribution in [0.4, 0.5) is 5.69 Å². The van der Waals surface area contributed by atoms with Crippen molar-refractivity contribution in [1.29, 1.82) is 0 Å². The molecule has 1 fully saturated rings. The van der Waals surface area contributed by atoms with Crippen LogP contribution in [0.1, 0.15) is 36.5 Å². The van der Waals surface area contributed by atoms with Crippen molar-refractivity contribution in [1.82, 2.24) is 0 Å². The smallest absolute Gasteiger partial charge is 0.115 e. The van der Waals surface area contributed by atoms with Gasteiger partial charge in [0.15, 0.2) is 0 Å². The maximum absolute atomic E-state index is 10.0. The fourth-order valence-corrected chi connectivity index (χ4v) is 4.07. The lowest BCUT2D eigenvalue weighted by atomic mass is 9.76. The van der Waals surface area contributed by atoms with E-state index in [1.165, 1.54) is 22.4 Å². The molecule has 120 valence electrons. The summed E-state index contributed by atoms with van der Waals surface area (Å²) in [5.41, 5.74) is 4.90. The van der Waals surface area contributed by atoms with E-state index in [0.29, 0.717) is 11.7 Å². The molecule has 0 aromatic heterocycles. The van der Waals surface area contributed by atoms with Crippen molar-refractivity contribution in [3.05, 3.63) is 65.0 Å². The number of aliphatic hydroxyl groups excluding tert-OH is 1. The Balaban J connectivity index is 1.77. The summed E-state index contributed by atoms with van der Waals surface area (Å²) < 4.78 is 6.18. The molecule has 0 amide bonds. The van der Waals surface area contributed by atoms with E-state index >= 15 is 0 Å². The third kappa shape index (κ3) is 2.59. The maximum atomic E-state index is 10.0. The molecule has 3 atom stereocenters. The lowest BCUT2D eigenvalue weighted by Crippen LogP contribution is -2.42. The van der Waals surface area contributed by atoms with E-state index in [-0.39, 0.29) is 12.1 Å². The molecular formula is C20H23NO2. The van der Waals surface area contributed by atoms with Gasteiger partial charge in [-0.25, -0.2) is 0 Å². The largest absolute Gasteiger partial charge is 0.508 e. The first-order valence-corrected chi connectivity index (χ1v) is 8.49. The van der Waals surface area contributed by atoms with Gasteiger partial charge in [0.1, 0.15) is 5.76 Å². The Morgan fingerprint density at radius 1 is 1.30 bits per heavy atom. The van der Waals surface area contributed by atoms with Crippen LogP contribution in [-0.4, -0.2) is 17.8 Å². The molecule has 0 radical (unpaired) electrons. The molecule has 1 aromatic rings.